The zero-order valence-corrected chi connectivity index (χ0v) is 14.2. The van der Waals surface area contributed by atoms with Crippen LogP contribution in [0, 0.1) is 11.8 Å². The van der Waals surface area contributed by atoms with Crippen molar-refractivity contribution in [1.82, 2.24) is 10.0 Å². The van der Waals surface area contributed by atoms with Gasteiger partial charge < -0.3 is 14.8 Å². The van der Waals surface area contributed by atoms with Gasteiger partial charge in [0.1, 0.15) is 5.94 Å². The van der Waals surface area contributed by atoms with E-state index in [0.717, 1.165) is 25.1 Å². The molecule has 0 unspecified atom stereocenters. The molecular weight excluding hydrogens is 316 g/mol. The van der Waals surface area contributed by atoms with Crippen LogP contribution in [0.15, 0.2) is 0 Å². The number of unbranched alkanes of at least 4 members (excludes halogenated alkanes) is 1. The summed E-state index contributed by atoms with van der Waals surface area (Å²) in [7, 11) is 3.44. The maximum absolute atomic E-state index is 11.1. The van der Waals surface area contributed by atoms with Gasteiger partial charge in [0.05, 0.1) is 13.2 Å². The highest BCUT2D eigenvalue weighted by atomic mass is 33.1. The molecule has 0 bridgehead atoms. The molecule has 0 saturated carbocycles. The van der Waals surface area contributed by atoms with Crippen molar-refractivity contribution in [3.05, 3.63) is 0 Å². The molecular formula is C12H22N2O3S3. The lowest BCUT2D eigenvalue weighted by atomic mass is 10.3. The number of hydrogen-bond acceptors (Lipinski definition) is 7. The molecule has 0 aromatic carbocycles. The Bertz CT molecular complexity index is 295. The molecule has 0 aromatic heterocycles. The van der Waals surface area contributed by atoms with E-state index in [-0.39, 0.29) is 0 Å². The van der Waals surface area contributed by atoms with Gasteiger partial charge in [-0.2, -0.15) is 0 Å². The van der Waals surface area contributed by atoms with Gasteiger partial charge in [0.25, 0.3) is 0 Å². The number of nitrogens with one attached hydrogen (secondary N) is 2. The standard InChI is InChI=1S/C12H22N2O3S3/c1-2-3-6-13-12(15)17-9-5-4-8-16-11-20-19-10-7-14-18/h14,18H,4-11H2,1H3,(H,13,15). The summed E-state index contributed by atoms with van der Waals surface area (Å²) in [6, 6.07) is 0. The quantitative estimate of drug-likeness (QED) is 0.167. The van der Waals surface area contributed by atoms with Crippen LogP contribution >= 0.6 is 34.4 Å². The lowest BCUT2D eigenvalue weighted by Gasteiger charge is -2.05. The smallest absolute Gasteiger partial charge is 0.407 e. The Morgan fingerprint density at radius 2 is 2.10 bits per heavy atom. The van der Waals surface area contributed by atoms with Gasteiger partial charge in [0.15, 0.2) is 0 Å². The molecule has 0 aromatic rings. The molecule has 0 aliphatic carbocycles. The van der Waals surface area contributed by atoms with Crippen molar-refractivity contribution < 1.29 is 14.3 Å². The highest BCUT2D eigenvalue weighted by Crippen LogP contribution is 2.20. The molecule has 0 radical (unpaired) electrons. The van der Waals surface area contributed by atoms with Crippen molar-refractivity contribution in [1.29, 1.82) is 0 Å². The fourth-order valence-corrected chi connectivity index (χ4v) is 2.83. The zero-order valence-electron chi connectivity index (χ0n) is 11.6. The van der Waals surface area contributed by atoms with Gasteiger partial charge in [0.2, 0.25) is 0 Å². The molecule has 1 amide bonds. The summed E-state index contributed by atoms with van der Waals surface area (Å²) >= 11 is 3.90. The second-order valence-corrected chi connectivity index (χ2v) is 6.34. The van der Waals surface area contributed by atoms with E-state index in [1.54, 1.807) is 28.5 Å². The summed E-state index contributed by atoms with van der Waals surface area (Å²) in [5.41, 5.74) is 0. The minimum absolute atomic E-state index is 0.329. The van der Waals surface area contributed by atoms with Crippen LogP contribution in [0.2, 0.25) is 0 Å². The van der Waals surface area contributed by atoms with Crippen LogP contribution in [0.5, 0.6) is 0 Å². The summed E-state index contributed by atoms with van der Waals surface area (Å²) in [6.07, 6.45) is 1.26. The summed E-state index contributed by atoms with van der Waals surface area (Å²) < 4.78 is 13.2. The van der Waals surface area contributed by atoms with Gasteiger partial charge >= 0.3 is 6.09 Å². The topological polar surface area (TPSA) is 59.6 Å². The molecule has 0 atom stereocenters. The third-order valence-electron chi connectivity index (χ3n) is 1.93. The summed E-state index contributed by atoms with van der Waals surface area (Å²) in [5, 5.41) is 2.54. The molecule has 0 aliphatic rings. The number of amides is 1. The molecule has 0 saturated heterocycles. The van der Waals surface area contributed by atoms with Crippen molar-refractivity contribution in [2.24, 2.45) is 0 Å². The van der Waals surface area contributed by atoms with Crippen molar-refractivity contribution in [3.63, 3.8) is 0 Å². The zero-order chi connectivity index (χ0) is 14.9. The van der Waals surface area contributed by atoms with Crippen LogP contribution in [-0.2, 0) is 9.47 Å². The van der Waals surface area contributed by atoms with Gasteiger partial charge in [-0.3, -0.25) is 4.72 Å². The monoisotopic (exact) mass is 338 g/mol. The van der Waals surface area contributed by atoms with E-state index in [1.165, 1.54) is 0 Å². The van der Waals surface area contributed by atoms with Crippen molar-refractivity contribution in [3.8, 4) is 11.8 Å². The third kappa shape index (κ3) is 15.9. The van der Waals surface area contributed by atoms with Gasteiger partial charge in [-0.1, -0.05) is 40.3 Å². The molecule has 0 spiro atoms. The Kier molecular flexibility index (Phi) is 16.7. The second-order valence-electron chi connectivity index (χ2n) is 3.50. The Hall–Kier alpha value is -0.200. The molecule has 2 N–H and O–H groups in total. The van der Waals surface area contributed by atoms with Crippen LogP contribution in [0.3, 0.4) is 0 Å². The number of hydrogen-bond donors (Lipinski definition) is 3. The summed E-state index contributed by atoms with van der Waals surface area (Å²) in [6.45, 7) is 4.02. The second kappa shape index (κ2) is 16.9. The fraction of sp³-hybridized carbons (Fsp3) is 0.750. The number of alkyl carbamates (subject to hydrolysis) is 1. The number of carbonyl (C=O) groups is 1. The lowest BCUT2D eigenvalue weighted by molar-refractivity contribution is 0.134. The van der Waals surface area contributed by atoms with E-state index >= 15 is 0 Å². The van der Waals surface area contributed by atoms with E-state index < -0.39 is 6.09 Å². The van der Waals surface area contributed by atoms with Gasteiger partial charge in [0, 0.05) is 18.9 Å². The summed E-state index contributed by atoms with van der Waals surface area (Å²) in [4.78, 5) is 11.1. The molecule has 8 heteroatoms. The van der Waals surface area contributed by atoms with E-state index in [2.05, 4.69) is 34.7 Å². The maximum atomic E-state index is 11.1. The van der Waals surface area contributed by atoms with E-state index in [0.29, 0.717) is 25.7 Å². The Balaban J connectivity index is 3.12. The Morgan fingerprint density at radius 1 is 1.30 bits per heavy atom. The Labute approximate surface area is 134 Å². The molecule has 0 fully saturated rings. The van der Waals surface area contributed by atoms with Gasteiger partial charge in [-0.25, -0.2) is 4.79 Å². The predicted octanol–water partition coefficient (Wildman–Crippen LogP) is 2.31. The number of carbonyl (C=O) groups excluding carboxylic acids is 1. The number of thiol groups is 1. The molecule has 20 heavy (non-hydrogen) atoms. The van der Waals surface area contributed by atoms with Gasteiger partial charge in [-0.05, 0) is 19.8 Å². The van der Waals surface area contributed by atoms with Crippen LogP contribution in [0.4, 0.5) is 4.79 Å². The SMILES string of the molecule is CC#CCNC(=O)OCCCCOCSSCCNS. The first kappa shape index (κ1) is 19.8. The third-order valence-corrected chi connectivity index (χ3v) is 4.24. The van der Waals surface area contributed by atoms with Crippen LogP contribution in [0.1, 0.15) is 19.8 Å². The average molecular weight is 339 g/mol. The first-order valence-corrected chi connectivity index (χ1v) is 9.24. The van der Waals surface area contributed by atoms with E-state index in [9.17, 15) is 4.79 Å². The minimum Gasteiger partial charge on any atom is -0.450 e. The minimum atomic E-state index is -0.418. The van der Waals surface area contributed by atoms with E-state index in [1.807, 2.05) is 0 Å². The predicted molar refractivity (Wildman–Crippen MR) is 89.9 cm³/mol. The van der Waals surface area contributed by atoms with Crippen LogP contribution < -0.4 is 10.0 Å². The number of rotatable bonds is 12. The molecule has 116 valence electrons. The van der Waals surface area contributed by atoms with Crippen LogP contribution in [-0.4, -0.2) is 44.1 Å². The first-order chi connectivity index (χ1) is 9.81. The first-order valence-electron chi connectivity index (χ1n) is 6.30. The highest BCUT2D eigenvalue weighted by Gasteiger charge is 1.99. The van der Waals surface area contributed by atoms with Crippen molar-refractivity contribution >= 4 is 40.5 Å². The molecule has 0 aliphatic heterocycles. The molecule has 0 rings (SSSR count). The molecule has 5 nitrogen and oxygen atoms in total. The normalized spacial score (nSPS) is 9.70. The van der Waals surface area contributed by atoms with Crippen molar-refractivity contribution in [2.45, 2.75) is 19.8 Å². The van der Waals surface area contributed by atoms with Crippen molar-refractivity contribution in [2.75, 3.05) is 38.0 Å². The van der Waals surface area contributed by atoms with Gasteiger partial charge in [-0.15, -0.1) is 5.92 Å². The maximum Gasteiger partial charge on any atom is 0.407 e. The summed E-state index contributed by atoms with van der Waals surface area (Å²) in [5.74, 6) is 7.09. The average Bonchev–Trinajstić information content (AvgIpc) is 2.45. The Morgan fingerprint density at radius 3 is 2.85 bits per heavy atom. The molecule has 0 heterocycles. The lowest BCUT2D eigenvalue weighted by Crippen LogP contribution is -2.24. The van der Waals surface area contributed by atoms with E-state index in [4.69, 9.17) is 9.47 Å². The largest absolute Gasteiger partial charge is 0.450 e. The van der Waals surface area contributed by atoms with Crippen LogP contribution in [0.25, 0.3) is 0 Å². The highest BCUT2D eigenvalue weighted by molar-refractivity contribution is 8.76. The number of ether oxygens (including phenoxy) is 2. The fourth-order valence-electron chi connectivity index (χ4n) is 1.00.